The highest BCUT2D eigenvalue weighted by Gasteiger charge is 2.08. The van der Waals surface area contributed by atoms with E-state index >= 15 is 0 Å². The van der Waals surface area contributed by atoms with E-state index in [4.69, 9.17) is 10.5 Å². The Kier molecular flexibility index (Phi) is 5.25. The van der Waals surface area contributed by atoms with Crippen LogP contribution in [0.4, 0.5) is 10.8 Å². The van der Waals surface area contributed by atoms with Crippen LogP contribution in [0, 0.1) is 0 Å². The Labute approximate surface area is 125 Å². The standard InChI is InChI=1S/C13H15N3O2S2/c1-2-18-9-3-4-10(14)11(7-9)20-8-12(17)16-13-15-5-6-19-13/h3-7H,2,8,14H2,1H3,(H,15,16,17). The van der Waals surface area contributed by atoms with E-state index < -0.39 is 0 Å². The summed E-state index contributed by atoms with van der Waals surface area (Å²) in [5.74, 6) is 0.926. The highest BCUT2D eigenvalue weighted by molar-refractivity contribution is 8.00. The monoisotopic (exact) mass is 309 g/mol. The highest BCUT2D eigenvalue weighted by atomic mass is 32.2. The topological polar surface area (TPSA) is 77.2 Å². The number of thioether (sulfide) groups is 1. The summed E-state index contributed by atoms with van der Waals surface area (Å²) in [6.07, 6.45) is 1.65. The fraction of sp³-hybridized carbons (Fsp3) is 0.231. The maximum Gasteiger partial charge on any atom is 0.236 e. The number of hydrogen-bond acceptors (Lipinski definition) is 6. The number of amides is 1. The van der Waals surface area contributed by atoms with Crippen LogP contribution in [0.25, 0.3) is 0 Å². The number of thiazole rings is 1. The predicted octanol–water partition coefficient (Wildman–Crippen LogP) is 2.85. The smallest absolute Gasteiger partial charge is 0.236 e. The normalized spacial score (nSPS) is 10.2. The van der Waals surface area contributed by atoms with Gasteiger partial charge in [0.1, 0.15) is 5.75 Å². The lowest BCUT2D eigenvalue weighted by molar-refractivity contribution is -0.113. The van der Waals surface area contributed by atoms with E-state index in [2.05, 4.69) is 10.3 Å². The van der Waals surface area contributed by atoms with Crippen molar-refractivity contribution in [2.75, 3.05) is 23.4 Å². The fourth-order valence-corrected chi connectivity index (χ4v) is 2.82. The second-order valence-electron chi connectivity index (χ2n) is 3.81. The first kappa shape index (κ1) is 14.7. The second kappa shape index (κ2) is 7.16. The lowest BCUT2D eigenvalue weighted by Gasteiger charge is -2.08. The molecule has 7 heteroatoms. The molecule has 0 unspecified atom stereocenters. The molecule has 2 aromatic rings. The van der Waals surface area contributed by atoms with E-state index in [-0.39, 0.29) is 11.7 Å². The number of carbonyl (C=O) groups is 1. The number of anilines is 2. The summed E-state index contributed by atoms with van der Waals surface area (Å²) < 4.78 is 5.42. The predicted molar refractivity (Wildman–Crippen MR) is 83.5 cm³/mol. The van der Waals surface area contributed by atoms with Gasteiger partial charge in [-0.3, -0.25) is 4.79 Å². The van der Waals surface area contributed by atoms with Gasteiger partial charge in [0.15, 0.2) is 5.13 Å². The van der Waals surface area contributed by atoms with E-state index in [1.54, 1.807) is 12.3 Å². The van der Waals surface area contributed by atoms with Crippen molar-refractivity contribution in [3.63, 3.8) is 0 Å². The Morgan fingerprint density at radius 3 is 3.10 bits per heavy atom. The molecule has 1 aromatic carbocycles. The molecule has 0 aliphatic rings. The molecule has 0 bridgehead atoms. The van der Waals surface area contributed by atoms with Crippen molar-refractivity contribution in [1.82, 2.24) is 4.98 Å². The minimum atomic E-state index is -0.105. The highest BCUT2D eigenvalue weighted by Crippen LogP contribution is 2.29. The molecule has 106 valence electrons. The number of nitrogens with two attached hydrogens (primary N) is 1. The first-order valence-electron chi connectivity index (χ1n) is 6.03. The lowest BCUT2D eigenvalue weighted by atomic mass is 10.3. The molecule has 0 saturated heterocycles. The molecular formula is C13H15N3O2S2. The van der Waals surface area contributed by atoms with E-state index in [1.807, 2.05) is 24.4 Å². The summed E-state index contributed by atoms with van der Waals surface area (Å²) in [6, 6.07) is 5.45. The molecule has 0 aliphatic carbocycles. The summed E-state index contributed by atoms with van der Waals surface area (Å²) in [4.78, 5) is 16.6. The molecule has 0 aliphatic heterocycles. The maximum absolute atomic E-state index is 11.8. The number of aromatic nitrogens is 1. The van der Waals surface area contributed by atoms with Crippen LogP contribution < -0.4 is 15.8 Å². The average Bonchev–Trinajstić information content (AvgIpc) is 2.92. The van der Waals surface area contributed by atoms with Gasteiger partial charge in [0.25, 0.3) is 0 Å². The number of benzene rings is 1. The van der Waals surface area contributed by atoms with Crippen molar-refractivity contribution in [3.05, 3.63) is 29.8 Å². The van der Waals surface area contributed by atoms with Crippen molar-refractivity contribution in [2.45, 2.75) is 11.8 Å². The van der Waals surface area contributed by atoms with Gasteiger partial charge in [0, 0.05) is 22.2 Å². The number of hydrogen-bond donors (Lipinski definition) is 2. The van der Waals surface area contributed by atoms with E-state index in [0.717, 1.165) is 10.6 Å². The molecule has 5 nitrogen and oxygen atoms in total. The molecule has 0 saturated carbocycles. The van der Waals surface area contributed by atoms with Crippen molar-refractivity contribution < 1.29 is 9.53 Å². The van der Waals surface area contributed by atoms with E-state index in [9.17, 15) is 4.79 Å². The minimum absolute atomic E-state index is 0.105. The molecule has 2 rings (SSSR count). The van der Waals surface area contributed by atoms with Crippen LogP contribution >= 0.6 is 23.1 Å². The van der Waals surface area contributed by atoms with Crippen molar-refractivity contribution in [3.8, 4) is 5.75 Å². The first-order valence-corrected chi connectivity index (χ1v) is 7.90. The third-order valence-electron chi connectivity index (χ3n) is 2.33. The molecule has 1 amide bonds. The number of carbonyl (C=O) groups excluding carboxylic acids is 1. The molecule has 20 heavy (non-hydrogen) atoms. The number of nitrogens with one attached hydrogen (secondary N) is 1. The van der Waals surface area contributed by atoms with Gasteiger partial charge in [0.2, 0.25) is 5.91 Å². The summed E-state index contributed by atoms with van der Waals surface area (Å²) in [5, 5.41) is 5.14. The van der Waals surface area contributed by atoms with Crippen molar-refractivity contribution in [2.24, 2.45) is 0 Å². The van der Waals surface area contributed by atoms with Crippen LogP contribution in [0.2, 0.25) is 0 Å². The van der Waals surface area contributed by atoms with Gasteiger partial charge in [-0.2, -0.15) is 0 Å². The first-order chi connectivity index (χ1) is 9.69. The summed E-state index contributed by atoms with van der Waals surface area (Å²) >= 11 is 2.76. The van der Waals surface area contributed by atoms with Gasteiger partial charge in [-0.25, -0.2) is 4.98 Å². The molecular weight excluding hydrogens is 294 g/mol. The summed E-state index contributed by atoms with van der Waals surface area (Å²) in [6.45, 7) is 2.52. The Bertz CT molecular complexity index is 573. The molecule has 0 atom stereocenters. The third-order valence-corrected chi connectivity index (χ3v) is 4.09. The van der Waals surface area contributed by atoms with Gasteiger partial charge in [-0.1, -0.05) is 0 Å². The Balaban J connectivity index is 1.92. The van der Waals surface area contributed by atoms with Gasteiger partial charge in [-0.05, 0) is 25.1 Å². The quantitative estimate of drug-likeness (QED) is 0.634. The number of nitrogen functional groups attached to an aromatic ring is 1. The number of ether oxygens (including phenoxy) is 1. The Morgan fingerprint density at radius 2 is 2.40 bits per heavy atom. The van der Waals surface area contributed by atoms with Crippen LogP contribution in [0.15, 0.2) is 34.7 Å². The van der Waals surface area contributed by atoms with Crippen molar-refractivity contribution >= 4 is 39.8 Å². The van der Waals surface area contributed by atoms with Crippen LogP contribution in [0.3, 0.4) is 0 Å². The zero-order valence-corrected chi connectivity index (χ0v) is 12.6. The molecule has 0 radical (unpaired) electrons. The number of rotatable bonds is 6. The third kappa shape index (κ3) is 4.14. The Hall–Kier alpha value is -1.73. The van der Waals surface area contributed by atoms with Crippen LogP contribution in [-0.4, -0.2) is 23.3 Å². The second-order valence-corrected chi connectivity index (χ2v) is 5.72. The van der Waals surface area contributed by atoms with Crippen molar-refractivity contribution in [1.29, 1.82) is 0 Å². The van der Waals surface area contributed by atoms with Crippen LogP contribution in [0.5, 0.6) is 5.75 Å². The molecule has 0 spiro atoms. The van der Waals surface area contributed by atoms with Gasteiger partial charge < -0.3 is 15.8 Å². The minimum Gasteiger partial charge on any atom is -0.494 e. The van der Waals surface area contributed by atoms with Gasteiger partial charge in [-0.15, -0.1) is 23.1 Å². The van der Waals surface area contributed by atoms with Gasteiger partial charge >= 0.3 is 0 Å². The summed E-state index contributed by atoms with van der Waals surface area (Å²) in [7, 11) is 0. The Morgan fingerprint density at radius 1 is 1.55 bits per heavy atom. The van der Waals surface area contributed by atoms with Crippen LogP contribution in [0.1, 0.15) is 6.92 Å². The van der Waals surface area contributed by atoms with E-state index in [0.29, 0.717) is 17.4 Å². The average molecular weight is 309 g/mol. The molecule has 0 fully saturated rings. The molecule has 1 aromatic heterocycles. The lowest BCUT2D eigenvalue weighted by Crippen LogP contribution is -2.13. The van der Waals surface area contributed by atoms with Gasteiger partial charge in [0.05, 0.1) is 12.4 Å². The van der Waals surface area contributed by atoms with E-state index in [1.165, 1.54) is 23.1 Å². The maximum atomic E-state index is 11.8. The molecule has 1 heterocycles. The number of nitrogens with zero attached hydrogens (tertiary/aromatic N) is 1. The fourth-order valence-electron chi connectivity index (χ4n) is 1.48. The summed E-state index contributed by atoms with van der Waals surface area (Å²) in [5.41, 5.74) is 6.53. The SMILES string of the molecule is CCOc1ccc(N)c(SCC(=O)Nc2nccs2)c1. The largest absolute Gasteiger partial charge is 0.494 e. The molecule has 3 N–H and O–H groups in total. The zero-order chi connectivity index (χ0) is 14.4. The zero-order valence-electron chi connectivity index (χ0n) is 11.0. The van der Waals surface area contributed by atoms with Crippen LogP contribution in [-0.2, 0) is 4.79 Å².